The van der Waals surface area contributed by atoms with Crippen molar-refractivity contribution < 1.29 is 4.74 Å². The summed E-state index contributed by atoms with van der Waals surface area (Å²) in [5, 5.41) is 8.42. The zero-order valence-electron chi connectivity index (χ0n) is 14.6. The molecule has 3 aromatic rings. The highest BCUT2D eigenvalue weighted by Gasteiger charge is 2.19. The van der Waals surface area contributed by atoms with E-state index < -0.39 is 0 Å². The highest BCUT2D eigenvalue weighted by Crippen LogP contribution is 2.21. The van der Waals surface area contributed by atoms with Gasteiger partial charge in [-0.25, -0.2) is 9.97 Å². The second-order valence-electron chi connectivity index (χ2n) is 6.67. The minimum atomic E-state index is 0.613. The van der Waals surface area contributed by atoms with E-state index in [1.54, 1.807) is 18.0 Å². The average molecular weight is 338 g/mol. The first kappa shape index (κ1) is 16.0. The van der Waals surface area contributed by atoms with E-state index in [9.17, 15) is 0 Å². The summed E-state index contributed by atoms with van der Waals surface area (Å²) in [6.45, 7) is 2.29. The van der Waals surface area contributed by atoms with Gasteiger partial charge in [-0.05, 0) is 56.6 Å². The number of nitrogens with zero attached hydrogens (tertiary/aromatic N) is 6. The van der Waals surface area contributed by atoms with Crippen molar-refractivity contribution in [2.75, 3.05) is 27.2 Å². The van der Waals surface area contributed by atoms with E-state index in [0.717, 1.165) is 35.9 Å². The second-order valence-corrected chi connectivity index (χ2v) is 6.67. The van der Waals surface area contributed by atoms with Crippen molar-refractivity contribution >= 4 is 11.2 Å². The molecule has 7 heteroatoms. The monoisotopic (exact) mass is 338 g/mol. The molecule has 25 heavy (non-hydrogen) atoms. The van der Waals surface area contributed by atoms with Gasteiger partial charge in [-0.15, -0.1) is 5.10 Å². The maximum Gasteiger partial charge on any atom is 0.187 e. The molecular weight excluding hydrogens is 316 g/mol. The molecule has 2 aromatic heterocycles. The van der Waals surface area contributed by atoms with Gasteiger partial charge in [0.2, 0.25) is 0 Å². The lowest BCUT2D eigenvalue weighted by atomic mass is 9.95. The minimum Gasteiger partial charge on any atom is -0.497 e. The maximum atomic E-state index is 5.21. The molecule has 0 saturated carbocycles. The molecule has 1 aliphatic rings. The van der Waals surface area contributed by atoms with Crippen LogP contribution < -0.4 is 4.74 Å². The summed E-state index contributed by atoms with van der Waals surface area (Å²) in [4.78, 5) is 11.6. The number of methoxy groups -OCH3 is 1. The van der Waals surface area contributed by atoms with E-state index in [1.165, 1.54) is 19.4 Å². The summed E-state index contributed by atoms with van der Waals surface area (Å²) >= 11 is 0. The topological polar surface area (TPSA) is 69.0 Å². The Kier molecular flexibility index (Phi) is 4.31. The minimum absolute atomic E-state index is 0.613. The molecule has 1 saturated heterocycles. The number of aromatic nitrogens is 5. The largest absolute Gasteiger partial charge is 0.497 e. The molecular formula is C18H22N6O. The summed E-state index contributed by atoms with van der Waals surface area (Å²) in [6, 6.07) is 7.71. The predicted molar refractivity (Wildman–Crippen MR) is 94.9 cm³/mol. The van der Waals surface area contributed by atoms with Crippen molar-refractivity contribution in [3.8, 4) is 11.4 Å². The predicted octanol–water partition coefficient (Wildman–Crippen LogP) is 2.10. The number of benzene rings is 1. The summed E-state index contributed by atoms with van der Waals surface area (Å²) in [5.74, 6) is 2.29. The fourth-order valence-corrected chi connectivity index (χ4v) is 3.46. The Hall–Kier alpha value is -2.54. The summed E-state index contributed by atoms with van der Waals surface area (Å²) < 4.78 is 6.97. The lowest BCUT2D eigenvalue weighted by Crippen LogP contribution is -2.33. The third-order valence-corrected chi connectivity index (χ3v) is 4.75. The van der Waals surface area contributed by atoms with E-state index in [4.69, 9.17) is 9.72 Å². The van der Waals surface area contributed by atoms with Crippen LogP contribution in [0.2, 0.25) is 0 Å². The van der Waals surface area contributed by atoms with Gasteiger partial charge in [0.15, 0.2) is 11.2 Å². The molecule has 1 fully saturated rings. The molecule has 0 amide bonds. The highest BCUT2D eigenvalue weighted by atomic mass is 16.5. The number of hydrogen-bond acceptors (Lipinski definition) is 6. The summed E-state index contributed by atoms with van der Waals surface area (Å²) in [7, 11) is 3.83. The van der Waals surface area contributed by atoms with Crippen LogP contribution in [0, 0.1) is 5.92 Å². The van der Waals surface area contributed by atoms with Gasteiger partial charge < -0.3 is 9.64 Å². The second kappa shape index (κ2) is 6.76. The molecule has 1 aromatic carbocycles. The third kappa shape index (κ3) is 3.32. The van der Waals surface area contributed by atoms with Crippen molar-refractivity contribution in [3.63, 3.8) is 0 Å². The SMILES string of the molecule is COc1ccc(-n2nnc3cnc(CC4CCCN(C)C4)nc32)cc1. The fourth-order valence-electron chi connectivity index (χ4n) is 3.46. The van der Waals surface area contributed by atoms with Gasteiger partial charge in [0.05, 0.1) is 19.0 Å². The molecule has 0 spiro atoms. The number of ether oxygens (including phenoxy) is 1. The van der Waals surface area contributed by atoms with Crippen molar-refractivity contribution in [2.24, 2.45) is 5.92 Å². The van der Waals surface area contributed by atoms with E-state index in [0.29, 0.717) is 11.4 Å². The third-order valence-electron chi connectivity index (χ3n) is 4.75. The molecule has 0 bridgehead atoms. The van der Waals surface area contributed by atoms with Crippen LogP contribution in [0.15, 0.2) is 30.5 Å². The van der Waals surface area contributed by atoms with Crippen LogP contribution in [0.5, 0.6) is 5.75 Å². The molecule has 7 nitrogen and oxygen atoms in total. The molecule has 0 N–H and O–H groups in total. The Morgan fingerprint density at radius 1 is 1.24 bits per heavy atom. The van der Waals surface area contributed by atoms with Gasteiger partial charge in [-0.3, -0.25) is 0 Å². The molecule has 130 valence electrons. The van der Waals surface area contributed by atoms with Crippen LogP contribution >= 0.6 is 0 Å². The molecule has 1 unspecified atom stereocenters. The van der Waals surface area contributed by atoms with E-state index in [1.807, 2.05) is 24.3 Å². The first-order valence-electron chi connectivity index (χ1n) is 8.63. The molecule has 1 aliphatic heterocycles. The van der Waals surface area contributed by atoms with Crippen molar-refractivity contribution in [2.45, 2.75) is 19.3 Å². The summed E-state index contributed by atoms with van der Waals surface area (Å²) in [6.07, 6.45) is 5.15. The smallest absolute Gasteiger partial charge is 0.187 e. The van der Waals surface area contributed by atoms with Gasteiger partial charge in [0, 0.05) is 13.0 Å². The first-order valence-corrected chi connectivity index (χ1v) is 8.63. The highest BCUT2D eigenvalue weighted by molar-refractivity contribution is 5.70. The average Bonchev–Trinajstić information content (AvgIpc) is 3.05. The number of piperidine rings is 1. The number of hydrogen-bond donors (Lipinski definition) is 0. The molecule has 1 atom stereocenters. The Bertz CT molecular complexity index is 860. The van der Waals surface area contributed by atoms with Crippen molar-refractivity contribution in [1.29, 1.82) is 0 Å². The Balaban J connectivity index is 1.62. The van der Waals surface area contributed by atoms with Gasteiger partial charge in [0.1, 0.15) is 11.6 Å². The Morgan fingerprint density at radius 2 is 2.08 bits per heavy atom. The molecule has 3 heterocycles. The van der Waals surface area contributed by atoms with Crippen LogP contribution in [0.1, 0.15) is 18.7 Å². The van der Waals surface area contributed by atoms with Crippen LogP contribution in [0.4, 0.5) is 0 Å². The Labute approximate surface area is 146 Å². The van der Waals surface area contributed by atoms with E-state index in [-0.39, 0.29) is 0 Å². The fraction of sp³-hybridized carbons (Fsp3) is 0.444. The van der Waals surface area contributed by atoms with E-state index in [2.05, 4.69) is 27.2 Å². The lowest BCUT2D eigenvalue weighted by Gasteiger charge is -2.29. The standard InChI is InChI=1S/C18H22N6O/c1-23-9-3-4-13(12-23)10-17-19-11-16-18(20-17)24(22-21-16)14-5-7-15(25-2)8-6-14/h5-8,11,13H,3-4,9-10,12H2,1-2H3. The lowest BCUT2D eigenvalue weighted by molar-refractivity contribution is 0.207. The zero-order chi connectivity index (χ0) is 17.2. The van der Waals surface area contributed by atoms with Crippen LogP contribution in [-0.2, 0) is 6.42 Å². The quantitative estimate of drug-likeness (QED) is 0.726. The summed E-state index contributed by atoms with van der Waals surface area (Å²) in [5.41, 5.74) is 2.37. The number of rotatable bonds is 4. The first-order chi connectivity index (χ1) is 12.2. The molecule has 0 aliphatic carbocycles. The zero-order valence-corrected chi connectivity index (χ0v) is 14.6. The maximum absolute atomic E-state index is 5.21. The molecule has 4 rings (SSSR count). The van der Waals surface area contributed by atoms with Crippen LogP contribution in [0.25, 0.3) is 16.9 Å². The van der Waals surface area contributed by atoms with Gasteiger partial charge in [-0.1, -0.05) is 5.21 Å². The van der Waals surface area contributed by atoms with Crippen molar-refractivity contribution in [1.82, 2.24) is 29.9 Å². The van der Waals surface area contributed by atoms with Crippen LogP contribution in [-0.4, -0.2) is 57.1 Å². The number of likely N-dealkylation sites (tertiary alicyclic amines) is 1. The van der Waals surface area contributed by atoms with Gasteiger partial charge >= 0.3 is 0 Å². The van der Waals surface area contributed by atoms with Gasteiger partial charge in [-0.2, -0.15) is 4.68 Å². The van der Waals surface area contributed by atoms with Crippen LogP contribution in [0.3, 0.4) is 0 Å². The van der Waals surface area contributed by atoms with E-state index >= 15 is 0 Å². The normalized spacial score (nSPS) is 18.6. The van der Waals surface area contributed by atoms with Crippen molar-refractivity contribution in [3.05, 3.63) is 36.3 Å². The number of fused-ring (bicyclic) bond motifs is 1. The Morgan fingerprint density at radius 3 is 2.84 bits per heavy atom. The molecule has 0 radical (unpaired) electrons. The van der Waals surface area contributed by atoms with Gasteiger partial charge in [0.25, 0.3) is 0 Å².